The van der Waals surface area contributed by atoms with Gasteiger partial charge in [0.2, 0.25) is 0 Å². The number of hydrogen-bond acceptors (Lipinski definition) is 5. The number of carboxylic acid groups (broad SMARTS) is 1. The van der Waals surface area contributed by atoms with Crippen LogP contribution in [0.4, 0.5) is 0 Å². The average molecular weight is 393 g/mol. The quantitative estimate of drug-likeness (QED) is 0.766. The van der Waals surface area contributed by atoms with E-state index in [1.54, 1.807) is 0 Å². The predicted molar refractivity (Wildman–Crippen MR) is 75.3 cm³/mol. The van der Waals surface area contributed by atoms with E-state index < -0.39 is 22.5 Å². The van der Waals surface area contributed by atoms with Crippen LogP contribution >= 0.6 is 38.9 Å². The number of ether oxygens (including phenoxy) is 1. The summed E-state index contributed by atoms with van der Waals surface area (Å²) in [5.41, 5.74) is 0. The molecule has 0 aliphatic carbocycles. The summed E-state index contributed by atoms with van der Waals surface area (Å²) in [5.74, 6) is -1.23. The Hall–Kier alpha value is -0.190. The number of carbonyl (C=O) groups is 1. The number of hydrogen-bond donors (Lipinski definition) is 1. The van der Waals surface area contributed by atoms with Crippen molar-refractivity contribution >= 4 is 54.9 Å². The van der Waals surface area contributed by atoms with Gasteiger partial charge in [0.25, 0.3) is 10.0 Å². The Morgan fingerprint density at radius 1 is 1.63 bits per heavy atom. The van der Waals surface area contributed by atoms with E-state index in [9.17, 15) is 13.2 Å². The highest BCUT2D eigenvalue weighted by molar-refractivity contribution is 9.11. The van der Waals surface area contributed by atoms with Crippen molar-refractivity contribution in [1.29, 1.82) is 0 Å². The number of aliphatic carboxylic acids is 1. The third-order valence-corrected chi connectivity index (χ3v) is 6.84. The summed E-state index contributed by atoms with van der Waals surface area (Å²) in [6, 6.07) is 1.29. The summed E-state index contributed by atoms with van der Waals surface area (Å²) in [7, 11) is -2.49. The van der Waals surface area contributed by atoms with E-state index in [1.165, 1.54) is 13.2 Å². The molecule has 10 heteroatoms. The molecule has 1 aromatic heterocycles. The van der Waals surface area contributed by atoms with Crippen LogP contribution in [-0.2, 0) is 19.6 Å². The van der Waals surface area contributed by atoms with Crippen LogP contribution < -0.4 is 0 Å². The molecule has 1 aromatic rings. The van der Waals surface area contributed by atoms with Crippen LogP contribution in [0.1, 0.15) is 0 Å². The lowest BCUT2D eigenvalue weighted by molar-refractivity contribution is -0.137. The second-order valence-electron chi connectivity index (χ2n) is 3.41. The number of thiophene rings is 1. The van der Waals surface area contributed by atoms with Crippen molar-refractivity contribution in [3.63, 3.8) is 0 Å². The van der Waals surface area contributed by atoms with Gasteiger partial charge >= 0.3 is 5.97 Å². The average Bonchev–Trinajstić information content (AvgIpc) is 2.65. The first-order valence-electron chi connectivity index (χ1n) is 4.94. The molecule has 0 aliphatic rings. The monoisotopic (exact) mass is 391 g/mol. The number of nitrogens with zero attached hydrogens (tertiary/aromatic N) is 1. The molecule has 108 valence electrons. The topological polar surface area (TPSA) is 83.9 Å². The smallest absolute Gasteiger partial charge is 0.318 e. The second kappa shape index (κ2) is 7.00. The number of rotatable bonds is 7. The summed E-state index contributed by atoms with van der Waals surface area (Å²) >= 11 is 9.85. The summed E-state index contributed by atoms with van der Waals surface area (Å²) in [5, 5.41) is 9.04. The first-order valence-corrected chi connectivity index (χ1v) is 8.37. The fourth-order valence-corrected chi connectivity index (χ4v) is 5.14. The largest absolute Gasteiger partial charge is 0.480 e. The van der Waals surface area contributed by atoms with E-state index in [0.717, 1.165) is 15.6 Å². The van der Waals surface area contributed by atoms with Crippen molar-refractivity contribution in [1.82, 2.24) is 4.31 Å². The molecule has 19 heavy (non-hydrogen) atoms. The first-order chi connectivity index (χ1) is 8.78. The highest BCUT2D eigenvalue weighted by Gasteiger charge is 2.28. The molecule has 0 radical (unpaired) electrons. The Morgan fingerprint density at radius 3 is 2.68 bits per heavy atom. The lowest BCUT2D eigenvalue weighted by atomic mass is 10.6. The molecule has 1 N–H and O–H groups in total. The van der Waals surface area contributed by atoms with Gasteiger partial charge < -0.3 is 9.84 Å². The lowest BCUT2D eigenvalue weighted by Gasteiger charge is -2.18. The molecule has 0 amide bonds. The highest BCUT2D eigenvalue weighted by Crippen LogP contribution is 2.35. The Morgan fingerprint density at radius 2 is 2.26 bits per heavy atom. The van der Waals surface area contributed by atoms with Crippen molar-refractivity contribution in [3.05, 3.63) is 14.9 Å². The first kappa shape index (κ1) is 16.9. The summed E-state index contributed by atoms with van der Waals surface area (Å²) < 4.78 is 30.6. The molecule has 0 unspecified atom stereocenters. The summed E-state index contributed by atoms with van der Waals surface area (Å²) in [6.07, 6.45) is 0. The van der Waals surface area contributed by atoms with E-state index in [2.05, 4.69) is 15.9 Å². The van der Waals surface area contributed by atoms with Crippen LogP contribution in [-0.4, -0.2) is 50.6 Å². The molecular weight excluding hydrogens is 382 g/mol. The lowest BCUT2D eigenvalue weighted by Crippen LogP contribution is -2.37. The maximum absolute atomic E-state index is 12.3. The fourth-order valence-electron chi connectivity index (χ4n) is 1.21. The van der Waals surface area contributed by atoms with Crippen molar-refractivity contribution in [3.8, 4) is 0 Å². The molecule has 1 rings (SSSR count). The number of methoxy groups -OCH3 is 1. The normalized spacial score (nSPS) is 12.0. The highest BCUT2D eigenvalue weighted by atomic mass is 79.9. The minimum absolute atomic E-state index is 0.0123. The molecule has 0 aliphatic heterocycles. The van der Waals surface area contributed by atoms with Crippen molar-refractivity contribution in [2.45, 2.75) is 4.21 Å². The predicted octanol–water partition coefficient (Wildman–Crippen LogP) is 1.89. The van der Waals surface area contributed by atoms with E-state index in [4.69, 9.17) is 21.4 Å². The van der Waals surface area contributed by atoms with E-state index in [-0.39, 0.29) is 22.4 Å². The molecule has 0 aromatic carbocycles. The van der Waals surface area contributed by atoms with Crippen LogP contribution in [0.15, 0.2) is 14.1 Å². The minimum Gasteiger partial charge on any atom is -0.480 e. The zero-order valence-corrected chi connectivity index (χ0v) is 13.8. The molecule has 0 spiro atoms. The van der Waals surface area contributed by atoms with Gasteiger partial charge in [-0.15, -0.1) is 11.3 Å². The van der Waals surface area contributed by atoms with Crippen molar-refractivity contribution in [2.24, 2.45) is 0 Å². The molecule has 0 saturated heterocycles. The number of halogens is 2. The van der Waals surface area contributed by atoms with Gasteiger partial charge in [0.05, 0.1) is 15.4 Å². The Labute approximate surface area is 128 Å². The van der Waals surface area contributed by atoms with Crippen LogP contribution in [0, 0.1) is 0 Å². The molecule has 6 nitrogen and oxygen atoms in total. The standard InChI is InChI=1S/C9H11BrClNO5S2/c1-17-3-2-12(5-7(13)14)19(15,16)8-4-6(11)9(10)18-8/h4H,2-3,5H2,1H3,(H,13,14). The van der Waals surface area contributed by atoms with Gasteiger partial charge in [0.15, 0.2) is 0 Å². The third-order valence-electron chi connectivity index (χ3n) is 2.07. The van der Waals surface area contributed by atoms with Crippen LogP contribution in [0.2, 0.25) is 5.02 Å². The molecule has 0 atom stereocenters. The van der Waals surface area contributed by atoms with Gasteiger partial charge in [-0.1, -0.05) is 11.6 Å². The second-order valence-corrected chi connectivity index (χ2v) is 8.35. The van der Waals surface area contributed by atoms with E-state index in [1.807, 2.05) is 0 Å². The zero-order chi connectivity index (χ0) is 14.6. The molecule has 0 bridgehead atoms. The molecular formula is C9H11BrClNO5S2. The van der Waals surface area contributed by atoms with Gasteiger partial charge in [-0.2, -0.15) is 4.31 Å². The SMILES string of the molecule is COCCN(CC(=O)O)S(=O)(=O)c1cc(Cl)c(Br)s1. The third kappa shape index (κ3) is 4.40. The van der Waals surface area contributed by atoms with E-state index in [0.29, 0.717) is 3.79 Å². The van der Waals surface area contributed by atoms with Crippen LogP contribution in [0.5, 0.6) is 0 Å². The number of sulfonamides is 1. The number of carboxylic acids is 1. The molecule has 0 fully saturated rings. The van der Waals surface area contributed by atoms with Crippen molar-refractivity contribution in [2.75, 3.05) is 26.8 Å². The minimum atomic E-state index is -3.89. The van der Waals surface area contributed by atoms with E-state index >= 15 is 0 Å². The zero-order valence-electron chi connectivity index (χ0n) is 9.80. The van der Waals surface area contributed by atoms with Crippen LogP contribution in [0.25, 0.3) is 0 Å². The fraction of sp³-hybridized carbons (Fsp3) is 0.444. The maximum Gasteiger partial charge on any atom is 0.318 e. The van der Waals surface area contributed by atoms with Gasteiger partial charge in [-0.05, 0) is 22.0 Å². The Kier molecular flexibility index (Phi) is 6.21. The van der Waals surface area contributed by atoms with Gasteiger partial charge in [-0.3, -0.25) is 4.79 Å². The molecule has 1 heterocycles. The summed E-state index contributed by atoms with van der Waals surface area (Å²) in [6.45, 7) is -0.566. The van der Waals surface area contributed by atoms with Gasteiger partial charge in [-0.25, -0.2) is 8.42 Å². The summed E-state index contributed by atoms with van der Waals surface area (Å²) in [4.78, 5) is 10.7. The molecule has 0 saturated carbocycles. The van der Waals surface area contributed by atoms with Gasteiger partial charge in [0, 0.05) is 13.7 Å². The van der Waals surface area contributed by atoms with Gasteiger partial charge in [0.1, 0.15) is 10.8 Å². The Bertz CT molecular complexity index is 539. The van der Waals surface area contributed by atoms with Crippen molar-refractivity contribution < 1.29 is 23.1 Å². The Balaban J connectivity index is 3.07. The van der Waals surface area contributed by atoms with Crippen LogP contribution in [0.3, 0.4) is 0 Å². The maximum atomic E-state index is 12.3.